The van der Waals surface area contributed by atoms with E-state index in [-0.39, 0.29) is 6.54 Å². The second-order valence-corrected chi connectivity index (χ2v) is 4.88. The lowest BCUT2D eigenvalue weighted by Crippen LogP contribution is -2.37. The Morgan fingerprint density at radius 3 is 1.78 bits per heavy atom. The van der Waals surface area contributed by atoms with Gasteiger partial charge in [0.05, 0.1) is 0 Å². The number of nitrogens with two attached hydrogens (primary N) is 1. The minimum absolute atomic E-state index is 0.209. The molecule has 2 aromatic carbocycles. The molecule has 18 heavy (non-hydrogen) atoms. The number of hydrogen-bond donors (Lipinski definition) is 2. The van der Waals surface area contributed by atoms with E-state index in [1.807, 2.05) is 36.4 Å². The van der Waals surface area contributed by atoms with Crippen molar-refractivity contribution in [2.45, 2.75) is 18.4 Å². The van der Waals surface area contributed by atoms with Crippen molar-refractivity contribution in [3.63, 3.8) is 0 Å². The van der Waals surface area contributed by atoms with Crippen LogP contribution in [0.2, 0.25) is 0 Å². The van der Waals surface area contributed by atoms with E-state index in [1.165, 1.54) is 11.1 Å². The van der Waals surface area contributed by atoms with Gasteiger partial charge in [-0.25, -0.2) is 0 Å². The number of aryl methyl sites for hydroxylation is 2. The third kappa shape index (κ3) is 1.57. The highest BCUT2D eigenvalue weighted by molar-refractivity contribution is 5.47. The highest BCUT2D eigenvalue weighted by Crippen LogP contribution is 2.36. The molecule has 0 amide bonds. The van der Waals surface area contributed by atoms with Crippen molar-refractivity contribution in [1.29, 1.82) is 0 Å². The first kappa shape index (κ1) is 11.5. The van der Waals surface area contributed by atoms with E-state index >= 15 is 0 Å². The maximum absolute atomic E-state index is 11.0. The van der Waals surface area contributed by atoms with E-state index in [0.29, 0.717) is 0 Å². The SMILES string of the molecule is NCC1(O)c2ccccc2CCc2ccccc21. The second kappa shape index (κ2) is 4.23. The lowest BCUT2D eigenvalue weighted by atomic mass is 9.83. The molecule has 0 aliphatic heterocycles. The largest absolute Gasteiger partial charge is 0.379 e. The highest BCUT2D eigenvalue weighted by Gasteiger charge is 2.35. The van der Waals surface area contributed by atoms with Gasteiger partial charge in [0.15, 0.2) is 0 Å². The van der Waals surface area contributed by atoms with Crippen molar-refractivity contribution < 1.29 is 5.11 Å². The van der Waals surface area contributed by atoms with Crippen LogP contribution in [-0.4, -0.2) is 11.7 Å². The molecule has 0 fully saturated rings. The molecule has 0 aromatic heterocycles. The van der Waals surface area contributed by atoms with Crippen LogP contribution in [0.15, 0.2) is 48.5 Å². The van der Waals surface area contributed by atoms with Crippen molar-refractivity contribution in [3.8, 4) is 0 Å². The van der Waals surface area contributed by atoms with Crippen molar-refractivity contribution in [2.24, 2.45) is 5.73 Å². The normalized spacial score (nSPS) is 16.6. The quantitative estimate of drug-likeness (QED) is 0.799. The molecule has 2 heteroatoms. The Morgan fingerprint density at radius 2 is 1.33 bits per heavy atom. The van der Waals surface area contributed by atoms with Gasteiger partial charge in [-0.15, -0.1) is 0 Å². The van der Waals surface area contributed by atoms with Crippen molar-refractivity contribution in [2.75, 3.05) is 6.54 Å². The molecule has 0 unspecified atom stereocenters. The van der Waals surface area contributed by atoms with Crippen LogP contribution in [-0.2, 0) is 18.4 Å². The smallest absolute Gasteiger partial charge is 0.127 e. The Labute approximate surface area is 107 Å². The standard InChI is InChI=1S/C16H17NO/c17-11-16(18)14-7-3-1-5-12(14)9-10-13-6-2-4-8-15(13)16/h1-8,18H,9-11,17H2. The summed E-state index contributed by atoms with van der Waals surface area (Å²) >= 11 is 0. The van der Waals surface area contributed by atoms with E-state index in [1.54, 1.807) is 0 Å². The molecule has 92 valence electrons. The van der Waals surface area contributed by atoms with Crippen LogP contribution in [0.25, 0.3) is 0 Å². The molecule has 2 aromatic rings. The fourth-order valence-electron chi connectivity index (χ4n) is 2.92. The minimum Gasteiger partial charge on any atom is -0.379 e. The Kier molecular flexibility index (Phi) is 2.69. The molecule has 2 nitrogen and oxygen atoms in total. The number of aliphatic hydroxyl groups is 1. The van der Waals surface area contributed by atoms with Crippen molar-refractivity contribution >= 4 is 0 Å². The molecule has 0 spiro atoms. The zero-order valence-electron chi connectivity index (χ0n) is 10.3. The van der Waals surface area contributed by atoms with Crippen LogP contribution in [0.4, 0.5) is 0 Å². The Bertz CT molecular complexity index is 529. The fourth-order valence-corrected chi connectivity index (χ4v) is 2.92. The summed E-state index contributed by atoms with van der Waals surface area (Å²) in [4.78, 5) is 0. The molecule has 0 saturated heterocycles. The van der Waals surface area contributed by atoms with Gasteiger partial charge in [0.1, 0.15) is 5.60 Å². The van der Waals surface area contributed by atoms with Crippen LogP contribution >= 0.6 is 0 Å². The van der Waals surface area contributed by atoms with Gasteiger partial charge in [0.25, 0.3) is 0 Å². The van der Waals surface area contributed by atoms with Crippen molar-refractivity contribution in [1.82, 2.24) is 0 Å². The summed E-state index contributed by atoms with van der Waals surface area (Å²) in [5.74, 6) is 0. The fraction of sp³-hybridized carbons (Fsp3) is 0.250. The maximum atomic E-state index is 11.0. The Hall–Kier alpha value is -1.64. The van der Waals surface area contributed by atoms with Gasteiger partial charge in [-0.1, -0.05) is 48.5 Å². The minimum atomic E-state index is -1.05. The summed E-state index contributed by atoms with van der Waals surface area (Å²) in [7, 11) is 0. The Balaban J connectivity index is 2.29. The van der Waals surface area contributed by atoms with Gasteiger partial charge < -0.3 is 10.8 Å². The monoisotopic (exact) mass is 239 g/mol. The second-order valence-electron chi connectivity index (χ2n) is 4.88. The topological polar surface area (TPSA) is 46.2 Å². The average Bonchev–Trinajstić information content (AvgIpc) is 2.56. The Morgan fingerprint density at radius 1 is 0.889 bits per heavy atom. The molecule has 0 bridgehead atoms. The van der Waals surface area contributed by atoms with Crippen LogP contribution in [0.5, 0.6) is 0 Å². The van der Waals surface area contributed by atoms with Crippen LogP contribution in [0, 0.1) is 0 Å². The van der Waals surface area contributed by atoms with Gasteiger partial charge in [0, 0.05) is 6.54 Å². The third-order valence-electron chi connectivity index (χ3n) is 3.88. The zero-order valence-corrected chi connectivity index (χ0v) is 10.3. The van der Waals surface area contributed by atoms with Gasteiger partial charge in [0.2, 0.25) is 0 Å². The maximum Gasteiger partial charge on any atom is 0.127 e. The van der Waals surface area contributed by atoms with Crippen LogP contribution in [0.1, 0.15) is 22.3 Å². The van der Waals surface area contributed by atoms with E-state index in [9.17, 15) is 5.11 Å². The lowest BCUT2D eigenvalue weighted by Gasteiger charge is -2.29. The third-order valence-corrected chi connectivity index (χ3v) is 3.88. The first-order chi connectivity index (χ1) is 8.75. The molecular weight excluding hydrogens is 222 g/mol. The number of benzene rings is 2. The van der Waals surface area contributed by atoms with E-state index < -0.39 is 5.60 Å². The summed E-state index contributed by atoms with van der Waals surface area (Å²) in [5, 5.41) is 11.0. The molecule has 0 saturated carbocycles. The summed E-state index contributed by atoms with van der Waals surface area (Å²) in [6.45, 7) is 0.209. The van der Waals surface area contributed by atoms with Crippen molar-refractivity contribution in [3.05, 3.63) is 70.8 Å². The molecule has 0 radical (unpaired) electrons. The number of fused-ring (bicyclic) bond motifs is 2. The molecule has 3 N–H and O–H groups in total. The number of rotatable bonds is 1. The predicted octanol–water partition coefficient (Wildman–Crippen LogP) is 1.98. The van der Waals surface area contributed by atoms with E-state index in [4.69, 9.17) is 5.73 Å². The average molecular weight is 239 g/mol. The first-order valence-corrected chi connectivity index (χ1v) is 6.35. The highest BCUT2D eigenvalue weighted by atomic mass is 16.3. The predicted molar refractivity (Wildman–Crippen MR) is 72.3 cm³/mol. The van der Waals surface area contributed by atoms with Crippen LogP contribution < -0.4 is 5.73 Å². The summed E-state index contributed by atoms with van der Waals surface area (Å²) in [6.07, 6.45) is 1.91. The van der Waals surface area contributed by atoms with E-state index in [0.717, 1.165) is 24.0 Å². The molecule has 0 atom stereocenters. The summed E-state index contributed by atoms with van der Waals surface area (Å²) < 4.78 is 0. The molecular formula is C16H17NO. The number of hydrogen-bond acceptors (Lipinski definition) is 2. The molecule has 0 heterocycles. The lowest BCUT2D eigenvalue weighted by molar-refractivity contribution is 0.0896. The van der Waals surface area contributed by atoms with Gasteiger partial charge >= 0.3 is 0 Å². The summed E-state index contributed by atoms with van der Waals surface area (Å²) in [5.41, 5.74) is 9.14. The summed E-state index contributed by atoms with van der Waals surface area (Å²) in [6, 6.07) is 16.1. The van der Waals surface area contributed by atoms with Gasteiger partial charge in [-0.3, -0.25) is 0 Å². The molecule has 1 aliphatic rings. The molecule has 1 aliphatic carbocycles. The zero-order chi connectivity index (χ0) is 12.6. The van der Waals surface area contributed by atoms with E-state index in [2.05, 4.69) is 12.1 Å². The van der Waals surface area contributed by atoms with Crippen LogP contribution in [0.3, 0.4) is 0 Å². The van der Waals surface area contributed by atoms with Gasteiger partial charge in [-0.05, 0) is 35.1 Å². The first-order valence-electron chi connectivity index (χ1n) is 6.35. The van der Waals surface area contributed by atoms with Gasteiger partial charge in [-0.2, -0.15) is 0 Å². The molecule has 3 rings (SSSR count).